The van der Waals surface area contributed by atoms with Crippen molar-refractivity contribution in [3.8, 4) is 5.75 Å². The van der Waals surface area contributed by atoms with E-state index in [-0.39, 0.29) is 0 Å². The van der Waals surface area contributed by atoms with Crippen molar-refractivity contribution in [3.63, 3.8) is 0 Å². The number of fused-ring (bicyclic) bond motifs is 1. The predicted molar refractivity (Wildman–Crippen MR) is 94.3 cm³/mol. The molecule has 0 radical (unpaired) electrons. The molecule has 110 valence electrons. The van der Waals surface area contributed by atoms with Gasteiger partial charge in [0.2, 0.25) is 0 Å². The lowest BCUT2D eigenvalue weighted by Crippen LogP contribution is -2.01. The van der Waals surface area contributed by atoms with E-state index in [0.29, 0.717) is 6.61 Å². The highest BCUT2D eigenvalue weighted by molar-refractivity contribution is 9.10. The summed E-state index contributed by atoms with van der Waals surface area (Å²) in [6.45, 7) is 2.73. The lowest BCUT2D eigenvalue weighted by Gasteiger charge is -2.14. The highest BCUT2D eigenvalue weighted by Gasteiger charge is 2.12. The minimum Gasteiger partial charge on any atom is -0.488 e. The van der Waals surface area contributed by atoms with Gasteiger partial charge < -0.3 is 4.74 Å². The zero-order valence-electron chi connectivity index (χ0n) is 12.1. The van der Waals surface area contributed by atoms with Gasteiger partial charge in [-0.1, -0.05) is 50.1 Å². The monoisotopic (exact) mass is 408 g/mol. The average molecular weight is 410 g/mol. The van der Waals surface area contributed by atoms with Crippen molar-refractivity contribution in [2.45, 2.75) is 38.1 Å². The molecule has 0 aliphatic heterocycles. The van der Waals surface area contributed by atoms with Crippen LogP contribution in [0.25, 0.3) is 0 Å². The van der Waals surface area contributed by atoms with Crippen LogP contribution in [0.15, 0.2) is 34.8 Å². The van der Waals surface area contributed by atoms with Gasteiger partial charge >= 0.3 is 0 Å². The fraction of sp³-hybridized carbons (Fsp3) is 0.333. The first kappa shape index (κ1) is 15.1. The van der Waals surface area contributed by atoms with E-state index >= 15 is 0 Å². The zero-order valence-corrected chi connectivity index (χ0v) is 15.3. The molecule has 1 aliphatic rings. The predicted octanol–water partition coefficient (Wildman–Crippen LogP) is 5.72. The Kier molecular flexibility index (Phi) is 4.70. The quantitative estimate of drug-likeness (QED) is 0.586. The number of aryl methyl sites for hydroxylation is 3. The van der Waals surface area contributed by atoms with E-state index in [4.69, 9.17) is 4.74 Å². The van der Waals surface area contributed by atoms with Crippen LogP contribution in [0.2, 0.25) is 0 Å². The summed E-state index contributed by atoms with van der Waals surface area (Å²) in [4.78, 5) is 0. The Morgan fingerprint density at radius 1 is 1.10 bits per heavy atom. The number of rotatable bonds is 4. The van der Waals surface area contributed by atoms with Crippen molar-refractivity contribution >= 4 is 31.9 Å². The second-order valence-electron chi connectivity index (χ2n) is 5.59. The Morgan fingerprint density at radius 2 is 1.90 bits per heavy atom. The summed E-state index contributed by atoms with van der Waals surface area (Å²) in [5.41, 5.74) is 6.63. The number of ether oxygens (including phenoxy) is 1. The van der Waals surface area contributed by atoms with E-state index in [1.165, 1.54) is 47.1 Å². The van der Waals surface area contributed by atoms with Crippen LogP contribution < -0.4 is 4.74 Å². The number of halogens is 2. The zero-order chi connectivity index (χ0) is 14.8. The highest BCUT2D eigenvalue weighted by atomic mass is 79.9. The van der Waals surface area contributed by atoms with E-state index in [1.54, 1.807) is 0 Å². The topological polar surface area (TPSA) is 9.23 Å². The molecule has 0 saturated carbocycles. The first-order valence-corrected chi connectivity index (χ1v) is 9.17. The number of benzene rings is 2. The smallest absolute Gasteiger partial charge is 0.126 e. The summed E-state index contributed by atoms with van der Waals surface area (Å²) in [6.07, 6.45) is 3.74. The summed E-state index contributed by atoms with van der Waals surface area (Å²) in [5, 5.41) is 0.798. The third-order valence-electron chi connectivity index (χ3n) is 4.01. The Labute approximate surface area is 143 Å². The minimum absolute atomic E-state index is 0.635. The Bertz CT molecular complexity index is 665. The third kappa shape index (κ3) is 3.35. The Morgan fingerprint density at radius 3 is 2.71 bits per heavy atom. The normalized spacial score (nSPS) is 13.3. The number of hydrogen-bond donors (Lipinski definition) is 0. The third-order valence-corrected chi connectivity index (χ3v) is 5.07. The van der Waals surface area contributed by atoms with Crippen molar-refractivity contribution in [2.24, 2.45) is 0 Å². The van der Waals surface area contributed by atoms with Crippen LogP contribution in [0, 0.1) is 6.92 Å². The molecule has 21 heavy (non-hydrogen) atoms. The molecule has 0 saturated heterocycles. The van der Waals surface area contributed by atoms with Crippen molar-refractivity contribution < 1.29 is 4.74 Å². The molecule has 0 bridgehead atoms. The van der Waals surface area contributed by atoms with Gasteiger partial charge in [0.15, 0.2) is 0 Å². The molecule has 0 heterocycles. The van der Waals surface area contributed by atoms with Gasteiger partial charge in [0.05, 0.1) is 0 Å². The standard InChI is InChI=1S/C18H18Br2O/c1-12-7-17(20)9-16(10-19)18(12)21-11-13-5-6-14-3-2-4-15(14)8-13/h5-9H,2-4,10-11H2,1H3. The van der Waals surface area contributed by atoms with Crippen molar-refractivity contribution in [3.05, 3.63) is 62.6 Å². The molecule has 2 aromatic carbocycles. The van der Waals surface area contributed by atoms with Crippen LogP contribution in [-0.4, -0.2) is 0 Å². The SMILES string of the molecule is Cc1cc(Br)cc(CBr)c1OCc1ccc2c(c1)CCC2. The number of alkyl halides is 1. The van der Waals surface area contributed by atoms with E-state index in [0.717, 1.165) is 15.6 Å². The van der Waals surface area contributed by atoms with Crippen LogP contribution in [0.1, 0.15) is 34.2 Å². The molecule has 0 aromatic heterocycles. The fourth-order valence-corrected chi connectivity index (χ4v) is 4.01. The fourth-order valence-electron chi connectivity index (χ4n) is 2.98. The molecule has 0 amide bonds. The lowest BCUT2D eigenvalue weighted by molar-refractivity contribution is 0.301. The van der Waals surface area contributed by atoms with E-state index in [2.05, 4.69) is 69.1 Å². The van der Waals surface area contributed by atoms with E-state index < -0.39 is 0 Å². The lowest BCUT2D eigenvalue weighted by atomic mass is 10.1. The van der Waals surface area contributed by atoms with E-state index in [9.17, 15) is 0 Å². The summed E-state index contributed by atoms with van der Waals surface area (Å²) in [5.74, 6) is 0.996. The maximum Gasteiger partial charge on any atom is 0.126 e. The van der Waals surface area contributed by atoms with Crippen molar-refractivity contribution in [1.82, 2.24) is 0 Å². The molecule has 1 nitrogen and oxygen atoms in total. The van der Waals surface area contributed by atoms with Gasteiger partial charge in [-0.2, -0.15) is 0 Å². The molecule has 0 fully saturated rings. The first-order chi connectivity index (χ1) is 10.2. The molecule has 1 aliphatic carbocycles. The molecular formula is C18H18Br2O. The van der Waals surface area contributed by atoms with E-state index in [1.807, 2.05) is 0 Å². The largest absolute Gasteiger partial charge is 0.488 e. The second-order valence-corrected chi connectivity index (χ2v) is 7.07. The molecule has 3 rings (SSSR count). The first-order valence-electron chi connectivity index (χ1n) is 7.26. The van der Waals surface area contributed by atoms with Gasteiger partial charge in [-0.05, 0) is 60.6 Å². The van der Waals surface area contributed by atoms with Crippen LogP contribution >= 0.6 is 31.9 Å². The summed E-state index contributed by atoms with van der Waals surface area (Å²) < 4.78 is 7.21. The van der Waals surface area contributed by atoms with Gasteiger partial charge in [0.1, 0.15) is 12.4 Å². The maximum atomic E-state index is 6.11. The molecule has 0 N–H and O–H groups in total. The molecule has 0 atom stereocenters. The van der Waals surface area contributed by atoms with Crippen LogP contribution in [0.3, 0.4) is 0 Å². The van der Waals surface area contributed by atoms with Gasteiger partial charge in [0, 0.05) is 15.4 Å². The Hall–Kier alpha value is -0.800. The van der Waals surface area contributed by atoms with Crippen LogP contribution in [0.4, 0.5) is 0 Å². The minimum atomic E-state index is 0.635. The van der Waals surface area contributed by atoms with Gasteiger partial charge in [0.25, 0.3) is 0 Å². The molecule has 0 spiro atoms. The molecule has 3 heteroatoms. The summed E-state index contributed by atoms with van der Waals surface area (Å²) in [7, 11) is 0. The van der Waals surface area contributed by atoms with Gasteiger partial charge in [-0.3, -0.25) is 0 Å². The summed E-state index contributed by atoms with van der Waals surface area (Å²) in [6, 6.07) is 11.0. The van der Waals surface area contributed by atoms with Gasteiger partial charge in [-0.15, -0.1) is 0 Å². The Balaban J connectivity index is 1.79. The van der Waals surface area contributed by atoms with Crippen molar-refractivity contribution in [2.75, 3.05) is 0 Å². The average Bonchev–Trinajstić information content (AvgIpc) is 2.93. The second kappa shape index (κ2) is 6.53. The van der Waals surface area contributed by atoms with Crippen molar-refractivity contribution in [1.29, 1.82) is 0 Å². The highest BCUT2D eigenvalue weighted by Crippen LogP contribution is 2.31. The molecular weight excluding hydrogens is 392 g/mol. The van der Waals surface area contributed by atoms with Crippen LogP contribution in [-0.2, 0) is 24.8 Å². The van der Waals surface area contributed by atoms with Crippen LogP contribution in [0.5, 0.6) is 5.75 Å². The maximum absolute atomic E-state index is 6.11. The molecule has 2 aromatic rings. The molecule has 0 unspecified atom stereocenters. The number of hydrogen-bond acceptors (Lipinski definition) is 1. The summed E-state index contributed by atoms with van der Waals surface area (Å²) >= 11 is 7.08. The van der Waals surface area contributed by atoms with Gasteiger partial charge in [-0.25, -0.2) is 0 Å².